The van der Waals surface area contributed by atoms with E-state index in [2.05, 4.69) is 4.74 Å². The molecule has 0 saturated carbocycles. The van der Waals surface area contributed by atoms with Crippen LogP contribution in [-0.2, 0) is 23.8 Å². The molecule has 5 atom stereocenters. The van der Waals surface area contributed by atoms with Crippen LogP contribution in [0.4, 0.5) is 0 Å². The van der Waals surface area contributed by atoms with Crippen LogP contribution in [-0.4, -0.2) is 83.6 Å². The first-order valence-electron chi connectivity index (χ1n) is 10.6. The Morgan fingerprint density at radius 2 is 1.72 bits per heavy atom. The molecule has 192 valence electrons. The van der Waals surface area contributed by atoms with Gasteiger partial charge in [0.1, 0.15) is 48.4 Å². The van der Waals surface area contributed by atoms with Crippen molar-refractivity contribution < 1.29 is 64.3 Å². The molecule has 0 aromatic heterocycles. The number of rotatable bonds is 7. The van der Waals surface area contributed by atoms with Gasteiger partial charge in [-0.05, 0) is 18.2 Å². The van der Waals surface area contributed by atoms with E-state index >= 15 is 0 Å². The third kappa shape index (κ3) is 5.07. The first-order chi connectivity index (χ1) is 17.0. The second-order valence-electron chi connectivity index (χ2n) is 8.12. The summed E-state index contributed by atoms with van der Waals surface area (Å²) < 4.78 is 20.5. The highest BCUT2D eigenvalue weighted by atomic mass is 16.7. The summed E-state index contributed by atoms with van der Waals surface area (Å²) in [5, 5.41) is 69.1. The predicted octanol–water partition coefficient (Wildman–Crippen LogP) is 0.327. The van der Waals surface area contributed by atoms with Crippen molar-refractivity contribution in [2.75, 3.05) is 6.61 Å². The van der Waals surface area contributed by atoms with Crippen LogP contribution in [0.15, 0.2) is 36.1 Å². The van der Waals surface area contributed by atoms with Crippen molar-refractivity contribution in [2.45, 2.75) is 37.1 Å². The van der Waals surface area contributed by atoms with Gasteiger partial charge in [-0.2, -0.15) is 0 Å². The average molecular weight is 507 g/mol. The Hall–Kier alpha value is -4.20. The van der Waals surface area contributed by atoms with E-state index < -0.39 is 61.4 Å². The minimum absolute atomic E-state index is 0.00773. The molecule has 0 aliphatic carbocycles. The zero-order chi connectivity index (χ0) is 26.1. The Balaban J connectivity index is 1.59. The third-order valence-electron chi connectivity index (χ3n) is 5.54. The topological polar surface area (TPSA) is 216 Å². The number of hydrogen-bond donors (Lipinski definition) is 7. The highest BCUT2D eigenvalue weighted by Crippen LogP contribution is 2.46. The van der Waals surface area contributed by atoms with Crippen molar-refractivity contribution >= 4 is 18.0 Å². The molecule has 36 heavy (non-hydrogen) atoms. The monoisotopic (exact) mass is 507 g/mol. The van der Waals surface area contributed by atoms with E-state index in [9.17, 15) is 40.2 Å². The van der Waals surface area contributed by atoms with Gasteiger partial charge in [0.05, 0.1) is 11.6 Å². The molecule has 5 unspecified atom stereocenters. The van der Waals surface area contributed by atoms with Crippen LogP contribution in [0.2, 0.25) is 0 Å². The molecule has 0 bridgehead atoms. The van der Waals surface area contributed by atoms with E-state index in [4.69, 9.17) is 19.3 Å². The van der Waals surface area contributed by atoms with Gasteiger partial charge in [-0.3, -0.25) is 9.59 Å². The largest absolute Gasteiger partial charge is 0.571 e. The summed E-state index contributed by atoms with van der Waals surface area (Å²) in [5.74, 6) is -3.66. The summed E-state index contributed by atoms with van der Waals surface area (Å²) in [7, 11) is 0. The number of fused-ring (bicyclic) bond motifs is 1. The Morgan fingerprint density at radius 3 is 2.42 bits per heavy atom. The fourth-order valence-corrected chi connectivity index (χ4v) is 3.77. The first kappa shape index (κ1) is 24.9. The van der Waals surface area contributed by atoms with Gasteiger partial charge in [-0.1, -0.05) is 0 Å². The Labute approximate surface area is 202 Å². The molecule has 2 aromatic carbocycles. The molecule has 1 fully saturated rings. The quantitative estimate of drug-likeness (QED) is 0.117. The van der Waals surface area contributed by atoms with Gasteiger partial charge in [0.25, 0.3) is 11.9 Å². The summed E-state index contributed by atoms with van der Waals surface area (Å²) in [6, 6.07) is 6.27. The highest BCUT2D eigenvalue weighted by molar-refractivity contribution is 5.90. The summed E-state index contributed by atoms with van der Waals surface area (Å²) in [5.41, 5.74) is 0.506. The average Bonchev–Trinajstić information content (AvgIpc) is 3.07. The Kier molecular flexibility index (Phi) is 6.79. The molecule has 2 aliphatic heterocycles. The first-order valence-corrected chi connectivity index (χ1v) is 10.6. The number of ether oxygens (including phenoxy) is 4. The second-order valence-corrected chi connectivity index (χ2v) is 8.12. The lowest BCUT2D eigenvalue weighted by molar-refractivity contribution is -0.173. The van der Waals surface area contributed by atoms with Crippen molar-refractivity contribution in [3.05, 3.63) is 47.2 Å². The van der Waals surface area contributed by atoms with Crippen LogP contribution in [0.1, 0.15) is 23.7 Å². The van der Waals surface area contributed by atoms with Crippen LogP contribution < -0.4 is 0 Å². The van der Waals surface area contributed by atoms with Crippen molar-refractivity contribution in [2.24, 2.45) is 0 Å². The van der Waals surface area contributed by atoms with E-state index in [0.717, 1.165) is 6.07 Å². The number of esters is 1. The lowest BCUT2D eigenvalue weighted by atomic mass is 10.0. The number of benzene rings is 2. The number of aliphatic hydroxyl groups is 3. The number of carboxylic acids is 1. The van der Waals surface area contributed by atoms with Crippen LogP contribution in [0.3, 0.4) is 0 Å². The number of carbonyl (C=O) groups is 2. The maximum atomic E-state index is 11.5. The number of carboxylic acid groups (broad SMARTS) is 1. The lowest BCUT2D eigenvalue weighted by Gasteiger charge is -2.28. The Morgan fingerprint density at radius 1 is 0.972 bits per heavy atom. The predicted molar refractivity (Wildman–Crippen MR) is 117 cm³/mol. The molecule has 0 amide bonds. The van der Waals surface area contributed by atoms with Crippen molar-refractivity contribution in [3.63, 3.8) is 0 Å². The molecule has 0 spiro atoms. The van der Waals surface area contributed by atoms with E-state index in [1.165, 1.54) is 30.3 Å². The van der Waals surface area contributed by atoms with E-state index in [1.54, 1.807) is 0 Å². The number of phenols is 4. The van der Waals surface area contributed by atoms with Gasteiger partial charge in [-0.15, -0.1) is 0 Å². The number of aliphatic carboxylic acids is 1. The van der Waals surface area contributed by atoms with Crippen molar-refractivity contribution in [3.8, 4) is 28.7 Å². The smallest absolute Gasteiger partial charge is 0.317 e. The van der Waals surface area contributed by atoms with E-state index in [0.29, 0.717) is 5.56 Å². The minimum atomic E-state index is -1.61. The number of aromatic hydroxyl groups is 5. The zero-order valence-electron chi connectivity index (χ0n) is 18.4. The lowest BCUT2D eigenvalue weighted by Crippen LogP contribution is -2.35. The molecule has 1 saturated heterocycles. The maximum absolute atomic E-state index is 11.5. The molecule has 4 rings (SSSR count). The highest BCUT2D eigenvalue weighted by Gasteiger charge is 2.47. The fraction of sp³-hybridized carbons (Fsp3) is 0.304. The van der Waals surface area contributed by atoms with Crippen LogP contribution in [0.25, 0.3) is 6.08 Å². The van der Waals surface area contributed by atoms with Gasteiger partial charge in [-0.25, -0.2) is 0 Å². The molecule has 2 aliphatic rings. The standard InChI is InChI=1S/C23H22O13/c24-10-4-13(26)11-6-16(22(34-15(11)5-10)9-1-2-12(25)14(27)3-9)35-23-21(32)20(31)17(36-23)8-33-19(30)7-18(28)29/h1-6,17,20-27,31-32H,7-8H2,(H,28,29)/p+1. The van der Waals surface area contributed by atoms with Gasteiger partial charge in [0.2, 0.25) is 6.29 Å². The fourth-order valence-electron chi connectivity index (χ4n) is 3.77. The maximum Gasteiger partial charge on any atom is 0.317 e. The molecular formula is C23H23O13+. The second kappa shape index (κ2) is 9.81. The summed E-state index contributed by atoms with van der Waals surface area (Å²) in [6.45, 7) is -0.550. The normalized spacial score (nSPS) is 24.8. The Bertz CT molecular complexity index is 1210. The number of carbonyl (C=O) groups excluding carboxylic acids is 1. The summed E-state index contributed by atoms with van der Waals surface area (Å²) >= 11 is 0. The molecule has 13 nitrogen and oxygen atoms in total. The number of hydrogen-bond acceptors (Lipinski definition) is 11. The van der Waals surface area contributed by atoms with Crippen molar-refractivity contribution in [1.29, 1.82) is 0 Å². The van der Waals surface area contributed by atoms with Crippen LogP contribution >= 0.6 is 0 Å². The van der Waals surface area contributed by atoms with Crippen LogP contribution in [0, 0.1) is 0 Å². The molecule has 2 aromatic rings. The minimum Gasteiger partial charge on any atom is -0.571 e. The van der Waals surface area contributed by atoms with Gasteiger partial charge in [0.15, 0.2) is 17.3 Å². The van der Waals surface area contributed by atoms with Crippen LogP contribution in [0.5, 0.6) is 28.7 Å². The SMILES string of the molecule is O=C(O)CC(=O)OCC1OC(OC2=Cc3c(O)cc(O)cc3[OH+]C2c2ccc(O)c(O)c2)C(O)C1O. The van der Waals surface area contributed by atoms with Gasteiger partial charge in [0, 0.05) is 12.1 Å². The number of aliphatic hydroxyl groups excluding tert-OH is 2. The zero-order valence-corrected chi connectivity index (χ0v) is 18.4. The summed E-state index contributed by atoms with van der Waals surface area (Å²) in [4.78, 5) is 22.1. The number of phenolic OH excluding ortho intramolecular Hbond substituents is 4. The van der Waals surface area contributed by atoms with E-state index in [1.807, 2.05) is 0 Å². The summed E-state index contributed by atoms with van der Waals surface area (Å²) in [6.07, 6.45) is -6.41. The molecule has 2 heterocycles. The molecule has 0 radical (unpaired) electrons. The van der Waals surface area contributed by atoms with Gasteiger partial charge < -0.3 is 54.7 Å². The van der Waals surface area contributed by atoms with Gasteiger partial charge >= 0.3 is 11.9 Å². The molecule has 8 N–H and O–H groups in total. The third-order valence-corrected chi connectivity index (χ3v) is 5.54. The van der Waals surface area contributed by atoms with E-state index in [-0.39, 0.29) is 34.3 Å². The molecule has 13 heteroatoms. The van der Waals surface area contributed by atoms with Crippen molar-refractivity contribution in [1.82, 2.24) is 0 Å². The molecular weight excluding hydrogens is 484 g/mol.